The molecule has 5 nitrogen and oxygen atoms in total. The molecule has 2 aliphatic rings. The molecule has 23 heavy (non-hydrogen) atoms. The van der Waals surface area contributed by atoms with E-state index in [1.807, 2.05) is 6.92 Å². The van der Waals surface area contributed by atoms with E-state index in [9.17, 15) is 9.90 Å². The van der Waals surface area contributed by atoms with E-state index >= 15 is 0 Å². The van der Waals surface area contributed by atoms with Crippen LogP contribution in [0.1, 0.15) is 58.8 Å². The Hall–Kier alpha value is -0.650. The lowest BCUT2D eigenvalue weighted by atomic mass is 9.88. The van der Waals surface area contributed by atoms with Crippen molar-refractivity contribution in [1.82, 2.24) is 10.2 Å². The fourth-order valence-electron chi connectivity index (χ4n) is 3.65. The van der Waals surface area contributed by atoms with Gasteiger partial charge >= 0.3 is 0 Å². The highest BCUT2D eigenvalue weighted by molar-refractivity contribution is 5.80. The lowest BCUT2D eigenvalue weighted by molar-refractivity contribution is -0.137. The normalized spacial score (nSPS) is 28.5. The summed E-state index contributed by atoms with van der Waals surface area (Å²) in [4.78, 5) is 14.5. The molecule has 2 rings (SSSR count). The third-order valence-corrected chi connectivity index (χ3v) is 5.16. The number of ether oxygens (including phenoxy) is 1. The maximum atomic E-state index is 12.1. The standard InChI is InChI=1S/C18H34N2O3/c1-14-5-3-6-17(13-14)23-15(2)18(22)19-9-4-10-20-11-7-16(21)8-12-20/h14-17,21H,3-13H2,1-2H3,(H,19,22). The Labute approximate surface area is 140 Å². The Morgan fingerprint density at radius 3 is 2.74 bits per heavy atom. The second-order valence-electron chi connectivity index (χ2n) is 7.39. The average Bonchev–Trinajstić information content (AvgIpc) is 2.53. The summed E-state index contributed by atoms with van der Waals surface area (Å²) < 4.78 is 5.93. The highest BCUT2D eigenvalue weighted by atomic mass is 16.5. The molecule has 1 saturated heterocycles. The minimum absolute atomic E-state index is 0.0114. The number of aliphatic hydroxyl groups excluding tert-OH is 1. The van der Waals surface area contributed by atoms with Crippen LogP contribution in [0.15, 0.2) is 0 Å². The summed E-state index contributed by atoms with van der Waals surface area (Å²) in [7, 11) is 0. The van der Waals surface area contributed by atoms with Crippen LogP contribution in [0.25, 0.3) is 0 Å². The Bertz CT molecular complexity index is 356. The van der Waals surface area contributed by atoms with Gasteiger partial charge in [0, 0.05) is 19.6 Å². The van der Waals surface area contributed by atoms with Crippen molar-refractivity contribution in [1.29, 1.82) is 0 Å². The quantitative estimate of drug-likeness (QED) is 0.702. The van der Waals surface area contributed by atoms with E-state index in [0.29, 0.717) is 12.5 Å². The second kappa shape index (κ2) is 9.60. The van der Waals surface area contributed by atoms with Crippen molar-refractivity contribution in [2.24, 2.45) is 5.92 Å². The number of carbonyl (C=O) groups excluding carboxylic acids is 1. The van der Waals surface area contributed by atoms with E-state index in [1.54, 1.807) is 0 Å². The molecule has 0 radical (unpaired) electrons. The first-order chi connectivity index (χ1) is 11.0. The number of likely N-dealkylation sites (tertiary alicyclic amines) is 1. The van der Waals surface area contributed by atoms with Gasteiger partial charge in [0.05, 0.1) is 12.2 Å². The van der Waals surface area contributed by atoms with E-state index < -0.39 is 0 Å². The van der Waals surface area contributed by atoms with Crippen LogP contribution in [0.3, 0.4) is 0 Å². The summed E-state index contributed by atoms with van der Waals surface area (Å²) in [6.45, 7) is 7.75. The van der Waals surface area contributed by atoms with Crippen molar-refractivity contribution in [3.63, 3.8) is 0 Å². The van der Waals surface area contributed by atoms with Crippen LogP contribution in [0.5, 0.6) is 0 Å². The van der Waals surface area contributed by atoms with Gasteiger partial charge in [-0.15, -0.1) is 0 Å². The van der Waals surface area contributed by atoms with Gasteiger partial charge in [-0.3, -0.25) is 4.79 Å². The Balaban J connectivity index is 1.55. The first kappa shape index (κ1) is 18.7. The minimum atomic E-state index is -0.351. The molecule has 2 fully saturated rings. The van der Waals surface area contributed by atoms with Gasteiger partial charge in [0.25, 0.3) is 0 Å². The van der Waals surface area contributed by atoms with Crippen molar-refractivity contribution >= 4 is 5.91 Å². The lowest BCUT2D eigenvalue weighted by Crippen LogP contribution is -2.40. The molecular formula is C18H34N2O3. The molecule has 1 aliphatic carbocycles. The van der Waals surface area contributed by atoms with E-state index in [4.69, 9.17) is 4.74 Å². The summed E-state index contributed by atoms with van der Waals surface area (Å²) in [5, 5.41) is 12.5. The molecule has 1 saturated carbocycles. The third-order valence-electron chi connectivity index (χ3n) is 5.16. The van der Waals surface area contributed by atoms with Gasteiger partial charge in [0.2, 0.25) is 5.91 Å². The topological polar surface area (TPSA) is 61.8 Å². The zero-order valence-electron chi connectivity index (χ0n) is 14.8. The number of nitrogens with one attached hydrogen (secondary N) is 1. The van der Waals surface area contributed by atoms with Crippen LogP contribution in [0.4, 0.5) is 0 Å². The molecule has 3 atom stereocenters. The van der Waals surface area contributed by atoms with Crippen molar-refractivity contribution in [2.75, 3.05) is 26.2 Å². The number of rotatable bonds is 7. The maximum absolute atomic E-state index is 12.1. The number of piperidine rings is 1. The van der Waals surface area contributed by atoms with Crippen LogP contribution in [0, 0.1) is 5.92 Å². The molecule has 0 spiro atoms. The van der Waals surface area contributed by atoms with Gasteiger partial charge in [-0.25, -0.2) is 0 Å². The number of nitrogens with zero attached hydrogens (tertiary/aromatic N) is 1. The second-order valence-corrected chi connectivity index (χ2v) is 7.39. The van der Waals surface area contributed by atoms with Crippen molar-refractivity contribution in [3.05, 3.63) is 0 Å². The summed E-state index contributed by atoms with van der Waals surface area (Å²) in [6, 6.07) is 0. The number of hydrogen-bond donors (Lipinski definition) is 2. The minimum Gasteiger partial charge on any atom is -0.393 e. The Morgan fingerprint density at radius 2 is 2.04 bits per heavy atom. The van der Waals surface area contributed by atoms with Crippen molar-refractivity contribution in [3.8, 4) is 0 Å². The average molecular weight is 326 g/mol. The predicted octanol–water partition coefficient (Wildman–Crippen LogP) is 1.93. The Kier molecular flexibility index (Phi) is 7.80. The first-order valence-electron chi connectivity index (χ1n) is 9.38. The van der Waals surface area contributed by atoms with Gasteiger partial charge < -0.3 is 20.1 Å². The van der Waals surface area contributed by atoms with E-state index in [0.717, 1.165) is 51.7 Å². The molecular weight excluding hydrogens is 292 g/mol. The summed E-state index contributed by atoms with van der Waals surface area (Å²) in [5.74, 6) is 0.726. The van der Waals surface area contributed by atoms with Gasteiger partial charge in [0.15, 0.2) is 0 Å². The number of carbonyl (C=O) groups is 1. The molecule has 0 bridgehead atoms. The van der Waals surface area contributed by atoms with E-state index in [1.165, 1.54) is 12.8 Å². The lowest BCUT2D eigenvalue weighted by Gasteiger charge is -2.30. The Morgan fingerprint density at radius 1 is 1.30 bits per heavy atom. The summed E-state index contributed by atoms with van der Waals surface area (Å²) >= 11 is 0. The molecule has 0 aromatic carbocycles. The smallest absolute Gasteiger partial charge is 0.248 e. The molecule has 0 aromatic heterocycles. The SMILES string of the molecule is CC1CCCC(OC(C)C(=O)NCCCN2CCC(O)CC2)C1. The molecule has 3 unspecified atom stereocenters. The summed E-state index contributed by atoms with van der Waals surface area (Å²) in [5.41, 5.74) is 0. The fraction of sp³-hybridized carbons (Fsp3) is 0.944. The molecule has 1 aliphatic heterocycles. The van der Waals surface area contributed by atoms with Gasteiger partial charge in [-0.05, 0) is 51.5 Å². The molecule has 134 valence electrons. The molecule has 0 aromatic rings. The molecule has 5 heteroatoms. The van der Waals surface area contributed by atoms with Gasteiger partial charge in [-0.2, -0.15) is 0 Å². The number of aliphatic hydroxyl groups is 1. The van der Waals surface area contributed by atoms with Crippen molar-refractivity contribution < 1.29 is 14.6 Å². The predicted molar refractivity (Wildman–Crippen MR) is 91.3 cm³/mol. The van der Waals surface area contributed by atoms with Gasteiger partial charge in [0.1, 0.15) is 6.10 Å². The van der Waals surface area contributed by atoms with Crippen LogP contribution < -0.4 is 5.32 Å². The summed E-state index contributed by atoms with van der Waals surface area (Å²) in [6.07, 6.45) is 7.14. The molecule has 2 N–H and O–H groups in total. The zero-order chi connectivity index (χ0) is 16.7. The van der Waals surface area contributed by atoms with Crippen LogP contribution in [-0.2, 0) is 9.53 Å². The third kappa shape index (κ3) is 6.77. The van der Waals surface area contributed by atoms with Crippen LogP contribution in [0.2, 0.25) is 0 Å². The van der Waals surface area contributed by atoms with Gasteiger partial charge in [-0.1, -0.05) is 19.8 Å². The number of amides is 1. The highest BCUT2D eigenvalue weighted by Gasteiger charge is 2.24. The number of hydrogen-bond acceptors (Lipinski definition) is 4. The highest BCUT2D eigenvalue weighted by Crippen LogP contribution is 2.26. The largest absolute Gasteiger partial charge is 0.393 e. The molecule has 1 heterocycles. The van der Waals surface area contributed by atoms with Crippen molar-refractivity contribution in [2.45, 2.75) is 77.1 Å². The van der Waals surface area contributed by atoms with Crippen LogP contribution >= 0.6 is 0 Å². The first-order valence-corrected chi connectivity index (χ1v) is 9.38. The van der Waals surface area contributed by atoms with E-state index in [-0.39, 0.29) is 24.2 Å². The van der Waals surface area contributed by atoms with E-state index in [2.05, 4.69) is 17.1 Å². The monoisotopic (exact) mass is 326 g/mol. The fourth-order valence-corrected chi connectivity index (χ4v) is 3.65. The maximum Gasteiger partial charge on any atom is 0.248 e. The zero-order valence-corrected chi connectivity index (χ0v) is 14.8. The molecule has 1 amide bonds. The van der Waals surface area contributed by atoms with Crippen LogP contribution in [-0.4, -0.2) is 60.4 Å².